The Hall–Kier alpha value is -1.88. The molecule has 0 aliphatic carbocycles. The molecule has 0 saturated carbocycles. The highest BCUT2D eigenvalue weighted by Gasteiger charge is 2.28. The van der Waals surface area contributed by atoms with Crippen LogP contribution in [0.4, 0.5) is 0 Å². The number of benzene rings is 1. The minimum atomic E-state index is -0.472. The van der Waals surface area contributed by atoms with Crippen molar-refractivity contribution in [2.24, 2.45) is 11.7 Å². The lowest BCUT2D eigenvalue weighted by Crippen LogP contribution is -2.52. The van der Waals surface area contributed by atoms with Gasteiger partial charge in [0, 0.05) is 13.1 Å². The highest BCUT2D eigenvalue weighted by Crippen LogP contribution is 2.17. The van der Waals surface area contributed by atoms with Gasteiger partial charge in [-0.05, 0) is 23.5 Å². The van der Waals surface area contributed by atoms with Crippen LogP contribution in [0.2, 0.25) is 0 Å². The first kappa shape index (κ1) is 15.5. The molecule has 0 fully saturated rings. The van der Waals surface area contributed by atoms with Crippen LogP contribution in [0.15, 0.2) is 24.3 Å². The topological polar surface area (TPSA) is 75.4 Å². The van der Waals surface area contributed by atoms with Crippen molar-refractivity contribution in [2.75, 3.05) is 13.1 Å². The van der Waals surface area contributed by atoms with E-state index in [1.165, 1.54) is 11.1 Å². The van der Waals surface area contributed by atoms with Crippen LogP contribution in [-0.4, -0.2) is 35.8 Å². The van der Waals surface area contributed by atoms with E-state index >= 15 is 0 Å². The SMILES string of the molecule is CC(C)CN(CC(N)=O)C(=O)[C@H]1Cc2ccccc2CN1. The third-order valence-electron chi connectivity index (χ3n) is 3.62. The number of carbonyl (C=O) groups is 2. The van der Waals surface area contributed by atoms with Gasteiger partial charge in [0.05, 0.1) is 12.6 Å². The van der Waals surface area contributed by atoms with Crippen molar-refractivity contribution in [1.82, 2.24) is 10.2 Å². The molecule has 21 heavy (non-hydrogen) atoms. The number of nitrogens with zero attached hydrogens (tertiary/aromatic N) is 1. The van der Waals surface area contributed by atoms with Gasteiger partial charge < -0.3 is 16.0 Å². The number of nitrogens with two attached hydrogens (primary N) is 1. The maximum Gasteiger partial charge on any atom is 0.240 e. The molecule has 1 atom stereocenters. The lowest BCUT2D eigenvalue weighted by atomic mass is 9.95. The minimum Gasteiger partial charge on any atom is -0.368 e. The average molecular weight is 289 g/mol. The van der Waals surface area contributed by atoms with Gasteiger partial charge in [0.2, 0.25) is 11.8 Å². The Morgan fingerprint density at radius 2 is 2.00 bits per heavy atom. The predicted octanol–water partition coefficient (Wildman–Crippen LogP) is 0.671. The van der Waals surface area contributed by atoms with Crippen molar-refractivity contribution in [2.45, 2.75) is 32.9 Å². The van der Waals surface area contributed by atoms with E-state index in [1.807, 2.05) is 26.0 Å². The van der Waals surface area contributed by atoms with E-state index in [4.69, 9.17) is 5.73 Å². The Morgan fingerprint density at radius 1 is 1.33 bits per heavy atom. The molecule has 0 saturated heterocycles. The van der Waals surface area contributed by atoms with Crippen LogP contribution < -0.4 is 11.1 Å². The highest BCUT2D eigenvalue weighted by atomic mass is 16.2. The van der Waals surface area contributed by atoms with E-state index in [9.17, 15) is 9.59 Å². The fraction of sp³-hybridized carbons (Fsp3) is 0.500. The number of nitrogens with one attached hydrogen (secondary N) is 1. The number of primary amides is 1. The van der Waals surface area contributed by atoms with Crippen LogP contribution >= 0.6 is 0 Å². The smallest absolute Gasteiger partial charge is 0.240 e. The number of carbonyl (C=O) groups excluding carboxylic acids is 2. The van der Waals surface area contributed by atoms with E-state index in [1.54, 1.807) is 4.90 Å². The average Bonchev–Trinajstić information content (AvgIpc) is 2.44. The van der Waals surface area contributed by atoms with Crippen molar-refractivity contribution in [3.8, 4) is 0 Å². The molecule has 0 bridgehead atoms. The maximum absolute atomic E-state index is 12.6. The van der Waals surface area contributed by atoms with E-state index < -0.39 is 5.91 Å². The van der Waals surface area contributed by atoms with Crippen molar-refractivity contribution >= 4 is 11.8 Å². The summed E-state index contributed by atoms with van der Waals surface area (Å²) in [6.45, 7) is 5.24. The molecule has 2 amide bonds. The van der Waals surface area contributed by atoms with Crippen LogP contribution in [-0.2, 0) is 22.6 Å². The van der Waals surface area contributed by atoms with Crippen molar-refractivity contribution < 1.29 is 9.59 Å². The molecule has 5 nitrogen and oxygen atoms in total. The monoisotopic (exact) mass is 289 g/mol. The van der Waals surface area contributed by atoms with Gasteiger partial charge in [-0.15, -0.1) is 0 Å². The molecule has 3 N–H and O–H groups in total. The Balaban J connectivity index is 2.09. The van der Waals surface area contributed by atoms with Crippen LogP contribution in [0.25, 0.3) is 0 Å². The van der Waals surface area contributed by atoms with Gasteiger partial charge in [-0.3, -0.25) is 9.59 Å². The third kappa shape index (κ3) is 4.04. The molecule has 114 valence electrons. The lowest BCUT2D eigenvalue weighted by Gasteiger charge is -2.31. The molecular weight excluding hydrogens is 266 g/mol. The number of hydrogen-bond donors (Lipinski definition) is 2. The molecule has 1 aromatic rings. The summed E-state index contributed by atoms with van der Waals surface area (Å²) >= 11 is 0. The second kappa shape index (κ2) is 6.72. The Morgan fingerprint density at radius 3 is 2.62 bits per heavy atom. The van der Waals surface area contributed by atoms with Gasteiger partial charge in [-0.25, -0.2) is 0 Å². The maximum atomic E-state index is 12.6. The Kier molecular flexibility index (Phi) is 4.96. The second-order valence-corrected chi connectivity index (χ2v) is 5.99. The standard InChI is InChI=1S/C16H23N3O2/c1-11(2)9-19(10-15(17)20)16(21)14-7-12-5-3-4-6-13(12)8-18-14/h3-6,11,14,18H,7-10H2,1-2H3,(H2,17,20)/t14-/m1/s1. The zero-order chi connectivity index (χ0) is 15.4. The van der Waals surface area contributed by atoms with E-state index in [2.05, 4.69) is 17.4 Å². The fourth-order valence-electron chi connectivity index (χ4n) is 2.71. The van der Waals surface area contributed by atoms with Crippen molar-refractivity contribution in [3.63, 3.8) is 0 Å². The molecule has 5 heteroatoms. The van der Waals surface area contributed by atoms with Gasteiger partial charge in [-0.1, -0.05) is 38.1 Å². The summed E-state index contributed by atoms with van der Waals surface area (Å²) < 4.78 is 0. The number of amides is 2. The van der Waals surface area contributed by atoms with E-state index in [0.717, 1.165) is 0 Å². The summed E-state index contributed by atoms with van der Waals surface area (Å²) in [5.74, 6) is -0.221. The molecule has 1 aliphatic rings. The first-order chi connectivity index (χ1) is 9.97. The van der Waals surface area contributed by atoms with Crippen LogP contribution in [0.1, 0.15) is 25.0 Å². The molecule has 0 radical (unpaired) electrons. The zero-order valence-corrected chi connectivity index (χ0v) is 12.6. The van der Waals surface area contributed by atoms with Crippen molar-refractivity contribution in [1.29, 1.82) is 0 Å². The van der Waals surface area contributed by atoms with Crippen molar-refractivity contribution in [3.05, 3.63) is 35.4 Å². The third-order valence-corrected chi connectivity index (χ3v) is 3.62. The number of hydrogen-bond acceptors (Lipinski definition) is 3. The Bertz CT molecular complexity index is 528. The van der Waals surface area contributed by atoms with Gasteiger partial charge in [0.25, 0.3) is 0 Å². The van der Waals surface area contributed by atoms with E-state index in [0.29, 0.717) is 25.4 Å². The molecule has 1 heterocycles. The predicted molar refractivity (Wildman–Crippen MR) is 81.4 cm³/mol. The Labute approximate surface area is 125 Å². The van der Waals surface area contributed by atoms with Crippen LogP contribution in [0, 0.1) is 5.92 Å². The lowest BCUT2D eigenvalue weighted by molar-refractivity contribution is -0.137. The first-order valence-corrected chi connectivity index (χ1v) is 7.34. The second-order valence-electron chi connectivity index (χ2n) is 5.99. The van der Waals surface area contributed by atoms with Crippen LogP contribution in [0.5, 0.6) is 0 Å². The fourth-order valence-corrected chi connectivity index (χ4v) is 2.71. The summed E-state index contributed by atoms with van der Waals surface area (Å²) in [5, 5.41) is 3.26. The summed E-state index contributed by atoms with van der Waals surface area (Å²) in [6.07, 6.45) is 0.655. The summed E-state index contributed by atoms with van der Waals surface area (Å²) in [4.78, 5) is 25.4. The largest absolute Gasteiger partial charge is 0.368 e. The molecule has 0 unspecified atom stereocenters. The molecule has 0 aromatic heterocycles. The molecule has 1 aliphatic heterocycles. The molecule has 2 rings (SSSR count). The van der Waals surface area contributed by atoms with Crippen LogP contribution in [0.3, 0.4) is 0 Å². The number of fused-ring (bicyclic) bond motifs is 1. The first-order valence-electron chi connectivity index (χ1n) is 7.34. The number of rotatable bonds is 5. The van der Waals surface area contributed by atoms with Gasteiger partial charge in [0.15, 0.2) is 0 Å². The zero-order valence-electron chi connectivity index (χ0n) is 12.6. The normalized spacial score (nSPS) is 17.4. The summed E-state index contributed by atoms with van der Waals surface area (Å²) in [7, 11) is 0. The molecular formula is C16H23N3O2. The van der Waals surface area contributed by atoms with Gasteiger partial charge in [0.1, 0.15) is 0 Å². The summed E-state index contributed by atoms with van der Waals surface area (Å²) in [5.41, 5.74) is 7.68. The minimum absolute atomic E-state index is 0.0170. The summed E-state index contributed by atoms with van der Waals surface area (Å²) in [6, 6.07) is 7.83. The van der Waals surface area contributed by atoms with Gasteiger partial charge >= 0.3 is 0 Å². The molecule has 0 spiro atoms. The highest BCUT2D eigenvalue weighted by molar-refractivity contribution is 5.87. The quantitative estimate of drug-likeness (QED) is 0.836. The molecule has 1 aromatic carbocycles. The van der Waals surface area contributed by atoms with E-state index in [-0.39, 0.29) is 18.5 Å². The van der Waals surface area contributed by atoms with Gasteiger partial charge in [-0.2, -0.15) is 0 Å².